The highest BCUT2D eigenvalue weighted by Crippen LogP contribution is 2.25. The second-order valence-electron chi connectivity index (χ2n) is 4.86. The molecule has 0 bridgehead atoms. The molecule has 2 N–H and O–H groups in total. The van der Waals surface area contributed by atoms with Crippen LogP contribution in [0, 0.1) is 5.82 Å². The van der Waals surface area contributed by atoms with Crippen molar-refractivity contribution in [2.75, 3.05) is 6.26 Å². The molecule has 0 radical (unpaired) electrons. The van der Waals surface area contributed by atoms with Crippen LogP contribution in [-0.4, -0.2) is 14.7 Å². The minimum Gasteiger partial charge on any atom is -0.324 e. The number of hydrogen-bond donors (Lipinski definition) is 1. The maximum Gasteiger partial charge on any atom is 0.175 e. The van der Waals surface area contributed by atoms with Crippen LogP contribution in [0.2, 0.25) is 5.02 Å². The van der Waals surface area contributed by atoms with E-state index >= 15 is 0 Å². The summed E-state index contributed by atoms with van der Waals surface area (Å²) in [5, 5.41) is 0.0701. The third-order valence-electron chi connectivity index (χ3n) is 3.21. The molecular formula is C15H15ClFNO2S. The van der Waals surface area contributed by atoms with Gasteiger partial charge in [0.2, 0.25) is 0 Å². The largest absolute Gasteiger partial charge is 0.324 e. The van der Waals surface area contributed by atoms with Crippen molar-refractivity contribution in [2.45, 2.75) is 17.4 Å². The van der Waals surface area contributed by atoms with E-state index in [1.54, 1.807) is 24.3 Å². The lowest BCUT2D eigenvalue weighted by atomic mass is 10.00. The maximum absolute atomic E-state index is 13.4. The summed E-state index contributed by atoms with van der Waals surface area (Å²) in [6.45, 7) is 0. The molecule has 2 aromatic rings. The average molecular weight is 328 g/mol. The Morgan fingerprint density at radius 1 is 1.19 bits per heavy atom. The first-order chi connectivity index (χ1) is 9.79. The smallest absolute Gasteiger partial charge is 0.175 e. The molecule has 6 heteroatoms. The molecule has 0 aliphatic rings. The molecule has 112 valence electrons. The van der Waals surface area contributed by atoms with E-state index in [9.17, 15) is 12.8 Å². The Morgan fingerprint density at radius 2 is 1.81 bits per heavy atom. The summed E-state index contributed by atoms with van der Waals surface area (Å²) in [6.07, 6.45) is 1.52. The van der Waals surface area contributed by atoms with E-state index in [4.69, 9.17) is 17.3 Å². The number of sulfone groups is 1. The SMILES string of the molecule is CS(=O)(=O)c1ccc(C(N)Cc2cccc(F)c2Cl)cc1. The quantitative estimate of drug-likeness (QED) is 0.938. The lowest BCUT2D eigenvalue weighted by molar-refractivity contribution is 0.601. The van der Waals surface area contributed by atoms with Gasteiger partial charge >= 0.3 is 0 Å². The van der Waals surface area contributed by atoms with Gasteiger partial charge in [-0.15, -0.1) is 0 Å². The van der Waals surface area contributed by atoms with Crippen LogP contribution >= 0.6 is 11.6 Å². The van der Waals surface area contributed by atoms with Crippen LogP contribution in [0.25, 0.3) is 0 Å². The molecule has 1 atom stereocenters. The van der Waals surface area contributed by atoms with Crippen LogP contribution in [0.3, 0.4) is 0 Å². The molecule has 1 unspecified atom stereocenters. The molecule has 0 spiro atoms. The lowest BCUT2D eigenvalue weighted by Crippen LogP contribution is -2.14. The topological polar surface area (TPSA) is 60.2 Å². The van der Waals surface area contributed by atoms with Gasteiger partial charge in [-0.3, -0.25) is 0 Å². The summed E-state index contributed by atoms with van der Waals surface area (Å²) < 4.78 is 36.2. The Bertz CT molecular complexity index is 745. The van der Waals surface area contributed by atoms with E-state index in [-0.39, 0.29) is 9.92 Å². The molecule has 21 heavy (non-hydrogen) atoms. The van der Waals surface area contributed by atoms with Gasteiger partial charge in [0.1, 0.15) is 5.82 Å². The first kappa shape index (κ1) is 15.9. The maximum atomic E-state index is 13.4. The van der Waals surface area contributed by atoms with Gasteiger partial charge in [-0.1, -0.05) is 35.9 Å². The summed E-state index contributed by atoms with van der Waals surface area (Å²) in [7, 11) is -3.23. The molecule has 0 heterocycles. The first-order valence-corrected chi connectivity index (χ1v) is 8.54. The van der Waals surface area contributed by atoms with Crippen LogP contribution in [0.5, 0.6) is 0 Å². The van der Waals surface area contributed by atoms with Crippen molar-refractivity contribution < 1.29 is 12.8 Å². The zero-order valence-electron chi connectivity index (χ0n) is 11.4. The average Bonchev–Trinajstić information content (AvgIpc) is 2.43. The summed E-state index contributed by atoms with van der Waals surface area (Å²) in [4.78, 5) is 0.238. The van der Waals surface area contributed by atoms with Gasteiger partial charge in [-0.2, -0.15) is 0 Å². The predicted octanol–water partition coefficient (Wildman–Crippen LogP) is 3.13. The fraction of sp³-hybridized carbons (Fsp3) is 0.200. The Balaban J connectivity index is 2.21. The normalized spacial score (nSPS) is 13.1. The summed E-state index contributed by atoms with van der Waals surface area (Å²) in [5.74, 6) is -0.478. The minimum atomic E-state index is -3.23. The highest BCUT2D eigenvalue weighted by atomic mass is 35.5. The zero-order valence-corrected chi connectivity index (χ0v) is 13.0. The minimum absolute atomic E-state index is 0.0701. The van der Waals surface area contributed by atoms with Crippen molar-refractivity contribution in [1.29, 1.82) is 0 Å². The monoisotopic (exact) mass is 327 g/mol. The van der Waals surface area contributed by atoms with Crippen molar-refractivity contribution in [3.8, 4) is 0 Å². The molecule has 0 amide bonds. The second kappa shape index (κ2) is 6.13. The Morgan fingerprint density at radius 3 is 2.38 bits per heavy atom. The molecule has 0 fully saturated rings. The standard InChI is InChI=1S/C15H15ClFNO2S/c1-21(19,20)12-7-5-10(6-8-12)14(18)9-11-3-2-4-13(17)15(11)16/h2-8,14H,9,18H2,1H3. The summed E-state index contributed by atoms with van der Waals surface area (Å²) in [5.41, 5.74) is 7.46. The Hall–Kier alpha value is -1.43. The third kappa shape index (κ3) is 3.81. The van der Waals surface area contributed by atoms with Crippen LogP contribution in [0.15, 0.2) is 47.4 Å². The van der Waals surface area contributed by atoms with E-state index < -0.39 is 21.7 Å². The van der Waals surface area contributed by atoms with Gasteiger partial charge in [0.15, 0.2) is 9.84 Å². The summed E-state index contributed by atoms with van der Waals surface area (Å²) in [6, 6.07) is 10.5. The highest BCUT2D eigenvalue weighted by molar-refractivity contribution is 7.90. The van der Waals surface area contributed by atoms with Crippen LogP contribution in [0.1, 0.15) is 17.2 Å². The van der Waals surface area contributed by atoms with E-state index in [0.717, 1.165) is 11.8 Å². The highest BCUT2D eigenvalue weighted by Gasteiger charge is 2.13. The van der Waals surface area contributed by atoms with E-state index in [1.165, 1.54) is 18.2 Å². The second-order valence-corrected chi connectivity index (χ2v) is 7.26. The fourth-order valence-electron chi connectivity index (χ4n) is 2.02. The van der Waals surface area contributed by atoms with Gasteiger partial charge in [-0.25, -0.2) is 12.8 Å². The van der Waals surface area contributed by atoms with E-state index in [0.29, 0.717) is 12.0 Å². The van der Waals surface area contributed by atoms with Gasteiger partial charge in [0.05, 0.1) is 9.92 Å². The Kier molecular flexibility index (Phi) is 4.66. The molecule has 0 aliphatic heterocycles. The Labute approximate surface area is 128 Å². The number of benzene rings is 2. The fourth-order valence-corrected chi connectivity index (χ4v) is 2.86. The molecule has 0 saturated heterocycles. The predicted molar refractivity (Wildman–Crippen MR) is 81.6 cm³/mol. The lowest BCUT2D eigenvalue weighted by Gasteiger charge is -2.14. The van der Waals surface area contributed by atoms with E-state index in [2.05, 4.69) is 0 Å². The molecule has 3 nitrogen and oxygen atoms in total. The van der Waals surface area contributed by atoms with Crippen molar-refractivity contribution in [3.63, 3.8) is 0 Å². The van der Waals surface area contributed by atoms with Crippen molar-refractivity contribution in [1.82, 2.24) is 0 Å². The van der Waals surface area contributed by atoms with Crippen LogP contribution < -0.4 is 5.73 Å². The van der Waals surface area contributed by atoms with Crippen LogP contribution in [-0.2, 0) is 16.3 Å². The van der Waals surface area contributed by atoms with Gasteiger partial charge in [0.25, 0.3) is 0 Å². The van der Waals surface area contributed by atoms with Crippen molar-refractivity contribution in [2.24, 2.45) is 5.73 Å². The number of halogens is 2. The molecule has 0 saturated carbocycles. The number of nitrogens with two attached hydrogens (primary N) is 1. The van der Waals surface area contributed by atoms with Crippen molar-refractivity contribution in [3.05, 3.63) is 64.4 Å². The van der Waals surface area contributed by atoms with Crippen molar-refractivity contribution >= 4 is 21.4 Å². The number of hydrogen-bond acceptors (Lipinski definition) is 3. The van der Waals surface area contributed by atoms with Gasteiger partial charge in [0, 0.05) is 12.3 Å². The zero-order chi connectivity index (χ0) is 15.6. The molecule has 2 rings (SSSR count). The molecule has 0 aliphatic carbocycles. The van der Waals surface area contributed by atoms with Gasteiger partial charge < -0.3 is 5.73 Å². The van der Waals surface area contributed by atoms with Crippen LogP contribution in [0.4, 0.5) is 4.39 Å². The molecular weight excluding hydrogens is 313 g/mol. The third-order valence-corrected chi connectivity index (χ3v) is 4.76. The van der Waals surface area contributed by atoms with E-state index in [1.807, 2.05) is 0 Å². The molecule has 2 aromatic carbocycles. The first-order valence-electron chi connectivity index (χ1n) is 6.27. The van der Waals surface area contributed by atoms with Gasteiger partial charge in [-0.05, 0) is 35.7 Å². The summed E-state index contributed by atoms with van der Waals surface area (Å²) >= 11 is 5.90. The number of rotatable bonds is 4. The molecule has 0 aromatic heterocycles.